The van der Waals surface area contributed by atoms with Gasteiger partial charge in [0, 0.05) is 23.5 Å². The van der Waals surface area contributed by atoms with Crippen LogP contribution in [0.5, 0.6) is 11.5 Å². The van der Waals surface area contributed by atoms with E-state index in [0.717, 1.165) is 46.0 Å². The first-order chi connectivity index (χ1) is 15.4. The molecule has 1 saturated carbocycles. The second kappa shape index (κ2) is 7.69. The fourth-order valence-electron chi connectivity index (χ4n) is 4.78. The molecular formula is C26H28N2O4. The van der Waals surface area contributed by atoms with Gasteiger partial charge in [0.15, 0.2) is 11.5 Å². The van der Waals surface area contributed by atoms with Gasteiger partial charge in [-0.1, -0.05) is 0 Å². The summed E-state index contributed by atoms with van der Waals surface area (Å²) in [6.45, 7) is 4.68. The number of methoxy groups -OCH3 is 2. The second-order valence-electron chi connectivity index (χ2n) is 8.94. The van der Waals surface area contributed by atoms with E-state index in [2.05, 4.69) is 18.0 Å². The Bertz CT molecular complexity index is 1290. The number of hydrogen-bond acceptors (Lipinski definition) is 4. The Balaban J connectivity index is 1.73. The lowest BCUT2D eigenvalue weighted by Gasteiger charge is -2.38. The van der Waals surface area contributed by atoms with E-state index in [9.17, 15) is 9.59 Å². The van der Waals surface area contributed by atoms with Crippen LogP contribution in [0.25, 0.3) is 10.9 Å². The zero-order chi connectivity index (χ0) is 22.6. The van der Waals surface area contributed by atoms with E-state index >= 15 is 0 Å². The molecule has 0 bridgehead atoms. The van der Waals surface area contributed by atoms with Crippen molar-refractivity contribution in [2.45, 2.75) is 39.2 Å². The number of hydrogen-bond donors (Lipinski definition) is 1. The molecule has 1 aromatic heterocycles. The number of ether oxygens (including phenoxy) is 2. The number of nitrogens with one attached hydrogen (secondary N) is 1. The summed E-state index contributed by atoms with van der Waals surface area (Å²) in [4.78, 5) is 31.5. The van der Waals surface area contributed by atoms with E-state index in [1.807, 2.05) is 36.1 Å². The maximum atomic E-state index is 13.3. The lowest BCUT2D eigenvalue weighted by molar-refractivity contribution is -0.134. The zero-order valence-electron chi connectivity index (χ0n) is 19.0. The van der Waals surface area contributed by atoms with Crippen LogP contribution in [0, 0.1) is 19.8 Å². The maximum absolute atomic E-state index is 13.3. The molecule has 1 atom stereocenters. The number of amides is 1. The highest BCUT2D eigenvalue weighted by atomic mass is 16.5. The number of nitrogens with zero attached hydrogens (tertiary/aromatic N) is 1. The fraction of sp³-hybridized carbons (Fsp3) is 0.385. The molecule has 6 heteroatoms. The topological polar surface area (TPSA) is 71.6 Å². The predicted octanol–water partition coefficient (Wildman–Crippen LogP) is 4.05. The van der Waals surface area contributed by atoms with Crippen molar-refractivity contribution in [3.63, 3.8) is 0 Å². The zero-order valence-corrected chi connectivity index (χ0v) is 19.0. The molecule has 1 aliphatic carbocycles. The Kier molecular flexibility index (Phi) is 4.96. The van der Waals surface area contributed by atoms with Crippen LogP contribution >= 0.6 is 0 Å². The van der Waals surface area contributed by atoms with Crippen molar-refractivity contribution in [1.29, 1.82) is 0 Å². The highest BCUT2D eigenvalue weighted by Gasteiger charge is 2.40. The Hall–Kier alpha value is -3.28. The molecule has 6 nitrogen and oxygen atoms in total. The third-order valence-electron chi connectivity index (χ3n) is 6.87. The van der Waals surface area contributed by atoms with Gasteiger partial charge in [-0.25, -0.2) is 0 Å². The molecule has 2 aliphatic rings. The van der Waals surface area contributed by atoms with Gasteiger partial charge < -0.3 is 19.4 Å². The summed E-state index contributed by atoms with van der Waals surface area (Å²) in [5.41, 5.74) is 5.53. The summed E-state index contributed by atoms with van der Waals surface area (Å²) in [5.74, 6) is 1.46. The minimum atomic E-state index is -0.457. The molecule has 32 heavy (non-hydrogen) atoms. The molecule has 166 valence electrons. The minimum Gasteiger partial charge on any atom is -0.493 e. The number of carbonyl (C=O) groups is 1. The molecule has 0 saturated heterocycles. The SMILES string of the molecule is COc1cc2c(cc1OC)C(c1cc3cc(C)c(C)cc3[nH]c1=O)N(C(=O)C1CC1)CC2. The maximum Gasteiger partial charge on any atom is 0.254 e. The van der Waals surface area contributed by atoms with Crippen LogP contribution in [0.15, 0.2) is 35.1 Å². The monoisotopic (exact) mass is 432 g/mol. The number of aromatic amines is 1. The van der Waals surface area contributed by atoms with Crippen LogP contribution in [0.4, 0.5) is 0 Å². The molecule has 1 amide bonds. The second-order valence-corrected chi connectivity index (χ2v) is 8.94. The standard InChI is InChI=1S/C26H28N2O4/c1-14-9-18-11-20(25(29)27-21(18)10-15(14)2)24-19-13-23(32-4)22(31-3)12-17(19)7-8-28(24)26(30)16-5-6-16/h9-13,16,24H,5-8H2,1-4H3,(H,27,29). The van der Waals surface area contributed by atoms with Gasteiger partial charge >= 0.3 is 0 Å². The van der Waals surface area contributed by atoms with Crippen molar-refractivity contribution in [3.05, 3.63) is 68.5 Å². The van der Waals surface area contributed by atoms with Crippen LogP contribution in [0.3, 0.4) is 0 Å². The first kappa shape index (κ1) is 20.6. The Morgan fingerprint density at radius 2 is 1.66 bits per heavy atom. The van der Waals surface area contributed by atoms with Crippen LogP contribution in [-0.4, -0.2) is 36.6 Å². The number of fused-ring (bicyclic) bond motifs is 2. The van der Waals surface area contributed by atoms with Crippen molar-refractivity contribution in [3.8, 4) is 11.5 Å². The van der Waals surface area contributed by atoms with Gasteiger partial charge in [-0.3, -0.25) is 9.59 Å². The molecule has 2 heterocycles. The quantitative estimate of drug-likeness (QED) is 0.675. The number of pyridine rings is 1. The summed E-state index contributed by atoms with van der Waals surface area (Å²) in [5, 5.41) is 0.967. The Morgan fingerprint density at radius 1 is 0.969 bits per heavy atom. The normalized spacial score (nSPS) is 17.9. The lowest BCUT2D eigenvalue weighted by Crippen LogP contribution is -2.43. The van der Waals surface area contributed by atoms with Gasteiger partial charge in [-0.2, -0.15) is 0 Å². The summed E-state index contributed by atoms with van der Waals surface area (Å²) >= 11 is 0. The van der Waals surface area contributed by atoms with E-state index in [4.69, 9.17) is 9.47 Å². The lowest BCUT2D eigenvalue weighted by atomic mass is 9.87. The largest absolute Gasteiger partial charge is 0.493 e. The third kappa shape index (κ3) is 3.34. The highest BCUT2D eigenvalue weighted by molar-refractivity contribution is 5.84. The van der Waals surface area contributed by atoms with Gasteiger partial charge in [-0.05, 0) is 91.1 Å². The molecule has 1 N–H and O–H groups in total. The van der Waals surface area contributed by atoms with Gasteiger partial charge in [0.05, 0.1) is 20.3 Å². The van der Waals surface area contributed by atoms with E-state index < -0.39 is 6.04 Å². The average Bonchev–Trinajstić information content (AvgIpc) is 3.63. The first-order valence-corrected chi connectivity index (χ1v) is 11.1. The number of rotatable bonds is 4. The number of H-pyrrole nitrogens is 1. The first-order valence-electron chi connectivity index (χ1n) is 11.1. The summed E-state index contributed by atoms with van der Waals surface area (Å²) < 4.78 is 11.1. The van der Waals surface area contributed by atoms with Crippen LogP contribution in [0.2, 0.25) is 0 Å². The summed E-state index contributed by atoms with van der Waals surface area (Å²) in [6, 6.07) is 9.49. The molecule has 0 spiro atoms. The highest BCUT2D eigenvalue weighted by Crippen LogP contribution is 2.43. The predicted molar refractivity (Wildman–Crippen MR) is 124 cm³/mol. The molecule has 0 radical (unpaired) electrons. The van der Waals surface area contributed by atoms with Gasteiger partial charge in [0.1, 0.15) is 0 Å². The summed E-state index contributed by atoms with van der Waals surface area (Å²) in [6.07, 6.45) is 2.56. The molecule has 1 unspecified atom stereocenters. The third-order valence-corrected chi connectivity index (χ3v) is 6.87. The van der Waals surface area contributed by atoms with Gasteiger partial charge in [0.25, 0.3) is 5.56 Å². The molecule has 1 aliphatic heterocycles. The smallest absolute Gasteiger partial charge is 0.254 e. The van der Waals surface area contributed by atoms with Crippen molar-refractivity contribution in [2.24, 2.45) is 5.92 Å². The molecule has 2 aromatic carbocycles. The van der Waals surface area contributed by atoms with Crippen LogP contribution in [0.1, 0.15) is 46.7 Å². The number of benzene rings is 2. The molecule has 3 aromatic rings. The van der Waals surface area contributed by atoms with Crippen molar-refractivity contribution in [2.75, 3.05) is 20.8 Å². The molecule has 5 rings (SSSR count). The number of carbonyl (C=O) groups excluding carboxylic acids is 1. The van der Waals surface area contributed by atoms with E-state index in [0.29, 0.717) is 30.0 Å². The van der Waals surface area contributed by atoms with E-state index in [1.165, 1.54) is 0 Å². The van der Waals surface area contributed by atoms with E-state index in [1.54, 1.807) is 14.2 Å². The number of aromatic nitrogens is 1. The van der Waals surface area contributed by atoms with Crippen molar-refractivity contribution in [1.82, 2.24) is 9.88 Å². The Morgan fingerprint density at radius 3 is 2.34 bits per heavy atom. The van der Waals surface area contributed by atoms with Gasteiger partial charge in [0.2, 0.25) is 5.91 Å². The Labute approximate surface area is 187 Å². The average molecular weight is 433 g/mol. The number of aryl methyl sites for hydroxylation is 2. The molecular weight excluding hydrogens is 404 g/mol. The van der Waals surface area contributed by atoms with Crippen LogP contribution < -0.4 is 15.0 Å². The molecule has 1 fully saturated rings. The van der Waals surface area contributed by atoms with Gasteiger partial charge in [-0.15, -0.1) is 0 Å². The van der Waals surface area contributed by atoms with Crippen molar-refractivity contribution < 1.29 is 14.3 Å². The fourth-order valence-corrected chi connectivity index (χ4v) is 4.78. The summed E-state index contributed by atoms with van der Waals surface area (Å²) in [7, 11) is 3.22. The minimum absolute atomic E-state index is 0.0728. The van der Waals surface area contributed by atoms with E-state index in [-0.39, 0.29) is 17.4 Å². The van der Waals surface area contributed by atoms with Crippen molar-refractivity contribution >= 4 is 16.8 Å². The van der Waals surface area contributed by atoms with Crippen LogP contribution in [-0.2, 0) is 11.2 Å².